The maximum absolute atomic E-state index is 12.1. The van der Waals surface area contributed by atoms with Gasteiger partial charge in [0.25, 0.3) is 0 Å². The summed E-state index contributed by atoms with van der Waals surface area (Å²) in [4.78, 5) is 17.7. The van der Waals surface area contributed by atoms with Gasteiger partial charge in [0.1, 0.15) is 36.0 Å². The highest BCUT2D eigenvalue weighted by molar-refractivity contribution is 6.02. The first-order valence-corrected chi connectivity index (χ1v) is 14.8. The van der Waals surface area contributed by atoms with Crippen molar-refractivity contribution in [2.75, 3.05) is 6.61 Å². The second-order valence-corrected chi connectivity index (χ2v) is 11.4. The quantitative estimate of drug-likeness (QED) is 0.139. The summed E-state index contributed by atoms with van der Waals surface area (Å²) in [6.07, 6.45) is 6.49. The average molecular weight is 580 g/mol. The van der Waals surface area contributed by atoms with E-state index in [1.165, 1.54) is 11.1 Å². The Kier molecular flexibility index (Phi) is 7.38. The van der Waals surface area contributed by atoms with Crippen LogP contribution in [0.5, 0.6) is 5.75 Å². The Morgan fingerprint density at radius 2 is 1.88 bits per heavy atom. The van der Waals surface area contributed by atoms with Gasteiger partial charge in [0, 0.05) is 53.6 Å². The van der Waals surface area contributed by atoms with Crippen LogP contribution in [0.1, 0.15) is 43.4 Å². The first-order valence-electron chi connectivity index (χ1n) is 14.8. The molecule has 43 heavy (non-hydrogen) atoms. The van der Waals surface area contributed by atoms with E-state index in [4.69, 9.17) is 14.0 Å². The van der Waals surface area contributed by atoms with Crippen LogP contribution >= 0.6 is 0 Å². The minimum Gasteiger partial charge on any atom is -0.487 e. The van der Waals surface area contributed by atoms with E-state index in [1.54, 1.807) is 10.7 Å². The van der Waals surface area contributed by atoms with Crippen molar-refractivity contribution in [3.8, 4) is 28.2 Å². The van der Waals surface area contributed by atoms with Gasteiger partial charge in [0.05, 0.1) is 18.5 Å². The van der Waals surface area contributed by atoms with Gasteiger partial charge in [-0.1, -0.05) is 41.1 Å². The molecule has 2 bridgehead atoms. The van der Waals surface area contributed by atoms with Crippen molar-refractivity contribution in [1.29, 1.82) is 0 Å². The Bertz CT molecular complexity index is 1810. The van der Waals surface area contributed by atoms with Gasteiger partial charge in [0.15, 0.2) is 5.43 Å². The molecule has 2 unspecified atom stereocenters. The zero-order chi connectivity index (χ0) is 29.3. The van der Waals surface area contributed by atoms with Crippen molar-refractivity contribution in [3.63, 3.8) is 0 Å². The largest absolute Gasteiger partial charge is 0.487 e. The molecule has 1 N–H and O–H groups in total. The minimum absolute atomic E-state index is 0.103. The number of nitrogens with zero attached hydrogens (tertiary/aromatic N) is 5. The van der Waals surface area contributed by atoms with E-state index < -0.39 is 0 Å². The minimum atomic E-state index is -0.103. The van der Waals surface area contributed by atoms with Crippen LogP contribution in [0.15, 0.2) is 81.2 Å². The Morgan fingerprint density at radius 1 is 1.05 bits per heavy atom. The third-order valence-corrected chi connectivity index (χ3v) is 8.42. The van der Waals surface area contributed by atoms with Crippen LogP contribution in [0.25, 0.3) is 33.4 Å². The molecular weight excluding hydrogens is 546 g/mol. The second kappa shape index (κ2) is 11.6. The fourth-order valence-corrected chi connectivity index (χ4v) is 6.27. The number of aryl methyl sites for hydroxylation is 1. The number of ether oxygens (including phenoxy) is 1. The molecule has 1 aromatic heterocycles. The number of hydrogen-bond acceptors (Lipinski definition) is 9. The molecule has 0 radical (unpaired) electrons. The Hall–Kier alpha value is -4.54. The van der Waals surface area contributed by atoms with E-state index in [9.17, 15) is 10.0 Å². The van der Waals surface area contributed by atoms with Crippen LogP contribution in [0, 0.1) is 6.92 Å². The molecule has 0 saturated carbocycles. The summed E-state index contributed by atoms with van der Waals surface area (Å²) in [5.74, 6) is 1.16. The van der Waals surface area contributed by atoms with Crippen LogP contribution in [-0.4, -0.2) is 49.7 Å². The van der Waals surface area contributed by atoms with Crippen LogP contribution < -0.4 is 10.2 Å². The number of hydrogen-bond donors (Lipinski definition) is 1. The zero-order valence-corrected chi connectivity index (χ0v) is 24.0. The molecule has 2 aromatic carbocycles. The molecule has 4 aliphatic rings. The predicted molar refractivity (Wildman–Crippen MR) is 161 cm³/mol. The molecule has 10 heteroatoms. The number of rotatable bonds is 8. The monoisotopic (exact) mass is 579 g/mol. The Labute approximate surface area is 248 Å². The summed E-state index contributed by atoms with van der Waals surface area (Å²) < 4.78 is 14.0. The fraction of sp³-hybridized carbons (Fsp3) is 0.333. The fourth-order valence-electron chi connectivity index (χ4n) is 6.27. The highest BCUT2D eigenvalue weighted by Gasteiger charge is 2.36. The van der Waals surface area contributed by atoms with E-state index >= 15 is 0 Å². The lowest BCUT2D eigenvalue weighted by molar-refractivity contribution is -0.179. The first-order chi connectivity index (χ1) is 21.0. The van der Waals surface area contributed by atoms with Gasteiger partial charge in [-0.05, 0) is 55.2 Å². The van der Waals surface area contributed by atoms with Crippen LogP contribution in [0.2, 0.25) is 0 Å². The maximum Gasteiger partial charge on any atom is 0.182 e. The molecule has 4 heterocycles. The summed E-state index contributed by atoms with van der Waals surface area (Å²) in [5.41, 5.74) is 6.37. The molecule has 0 amide bonds. The van der Waals surface area contributed by atoms with Crippen LogP contribution in [0.4, 0.5) is 0 Å². The molecule has 3 aliphatic heterocycles. The summed E-state index contributed by atoms with van der Waals surface area (Å²) in [5, 5.41) is 25.4. The van der Waals surface area contributed by atoms with E-state index in [2.05, 4.69) is 34.5 Å². The molecule has 2 atom stereocenters. The standard InChI is InChI=1S/C33H33N5O5/c1-21-5-2-3-8-28(21)33-29-11-9-26(39)17-31(29)43-32-18-27(10-12-30(32)33)41-20-23-19-37(36-34-23)13-14-42-35-22-15-24-6-4-7-25(16-22)38(24)40/h2-3,5,8-12,17-19,24-25,40H,4,6-7,13-16,20H2,1H3. The van der Waals surface area contributed by atoms with Crippen molar-refractivity contribution in [2.45, 2.75) is 64.3 Å². The molecule has 7 rings (SSSR count). The molecule has 3 aromatic rings. The third kappa shape index (κ3) is 5.63. The Morgan fingerprint density at radius 3 is 2.72 bits per heavy atom. The smallest absolute Gasteiger partial charge is 0.182 e. The number of oxime groups is 1. The lowest BCUT2D eigenvalue weighted by Crippen LogP contribution is -2.50. The number of hydroxylamine groups is 2. The lowest BCUT2D eigenvalue weighted by atomic mass is 9.85. The van der Waals surface area contributed by atoms with Crippen molar-refractivity contribution < 1.29 is 19.2 Å². The SMILES string of the molecule is Cc1ccccc1-c1c2ccc(=O)cc-2oc2cc(OCc3cn(CCON=C4CC5CCCC(C4)N5O)nn3)ccc12. The van der Waals surface area contributed by atoms with Crippen molar-refractivity contribution >= 4 is 16.7 Å². The predicted octanol–water partition coefficient (Wildman–Crippen LogP) is 5.82. The highest BCUT2D eigenvalue weighted by Crippen LogP contribution is 2.41. The Balaban J connectivity index is 1.02. The zero-order valence-electron chi connectivity index (χ0n) is 24.0. The van der Waals surface area contributed by atoms with E-state index in [0.717, 1.165) is 65.5 Å². The summed E-state index contributed by atoms with van der Waals surface area (Å²) in [7, 11) is 0. The van der Waals surface area contributed by atoms with Gasteiger partial charge >= 0.3 is 0 Å². The molecule has 2 fully saturated rings. The molecule has 0 spiro atoms. The number of fused-ring (bicyclic) bond motifs is 4. The third-order valence-electron chi connectivity index (χ3n) is 8.42. The van der Waals surface area contributed by atoms with Crippen molar-refractivity contribution in [3.05, 3.63) is 88.3 Å². The van der Waals surface area contributed by atoms with Crippen LogP contribution in [-0.2, 0) is 18.0 Å². The lowest BCUT2D eigenvalue weighted by Gasteiger charge is -2.41. The molecule has 2 saturated heterocycles. The molecule has 220 valence electrons. The number of piperidine rings is 2. The van der Waals surface area contributed by atoms with Gasteiger partial charge in [0.2, 0.25) is 0 Å². The van der Waals surface area contributed by atoms with Crippen molar-refractivity contribution in [2.24, 2.45) is 5.16 Å². The number of benzene rings is 3. The highest BCUT2D eigenvalue weighted by atomic mass is 16.6. The van der Waals surface area contributed by atoms with Gasteiger partial charge in [-0.3, -0.25) is 4.79 Å². The summed E-state index contributed by atoms with van der Waals surface area (Å²) >= 11 is 0. The van der Waals surface area contributed by atoms with Crippen molar-refractivity contribution in [1.82, 2.24) is 20.1 Å². The van der Waals surface area contributed by atoms with Gasteiger partial charge in [-0.15, -0.1) is 5.10 Å². The first kappa shape index (κ1) is 27.3. The van der Waals surface area contributed by atoms with Gasteiger partial charge < -0.3 is 19.2 Å². The van der Waals surface area contributed by atoms with Gasteiger partial charge in [-0.2, -0.15) is 5.06 Å². The normalized spacial score (nSPS) is 18.7. The molecule has 10 nitrogen and oxygen atoms in total. The average Bonchev–Trinajstić information content (AvgIpc) is 3.45. The molecular formula is C33H33N5O5. The van der Waals surface area contributed by atoms with Crippen LogP contribution in [0.3, 0.4) is 0 Å². The maximum atomic E-state index is 12.1. The second-order valence-electron chi connectivity index (χ2n) is 11.4. The summed E-state index contributed by atoms with van der Waals surface area (Å²) in [6.45, 7) is 3.20. The topological polar surface area (TPSA) is 115 Å². The number of aromatic nitrogens is 3. The van der Waals surface area contributed by atoms with Gasteiger partial charge in [-0.25, -0.2) is 4.68 Å². The van der Waals surface area contributed by atoms with E-state index in [-0.39, 0.29) is 24.1 Å². The summed E-state index contributed by atoms with van der Waals surface area (Å²) in [6, 6.07) is 19.2. The van der Waals surface area contributed by atoms with E-state index in [0.29, 0.717) is 35.9 Å². The molecule has 1 aliphatic carbocycles. The van der Waals surface area contributed by atoms with E-state index in [1.807, 2.05) is 42.6 Å².